The molecule has 12 heteroatoms. The van der Waals surface area contributed by atoms with Crippen LogP contribution in [0.5, 0.6) is 11.5 Å². The fourth-order valence-electron chi connectivity index (χ4n) is 5.60. The standard InChI is InChI=1S/C30H35ClN8O2S/c1-40-27-17-28(41-2)25(31)16-24(27)26-20-38-6-5-21(15-29(38)34-26)35-7-9-36(10-8-35)22-18-32-30(33-19-22)37-11-13-39(14-12-37)42-23-3-4-23/h5-6,15-20,23H,3-4,7-14H2,1-2H3. The minimum absolute atomic E-state index is 0.519. The summed E-state index contributed by atoms with van der Waals surface area (Å²) in [5.41, 5.74) is 4.73. The zero-order valence-corrected chi connectivity index (χ0v) is 25.5. The Bertz CT molecular complexity index is 1550. The van der Waals surface area contributed by atoms with Gasteiger partial charge in [-0.25, -0.2) is 19.3 Å². The van der Waals surface area contributed by atoms with E-state index < -0.39 is 0 Å². The number of imidazole rings is 1. The molecular formula is C30H35ClN8O2S. The SMILES string of the molecule is COc1cc(OC)c(-c2cn3ccc(N4CCN(c5cnc(N6CCN(SC7CC7)CC6)nc5)CC4)cc3n2)cc1Cl. The van der Waals surface area contributed by atoms with E-state index in [-0.39, 0.29) is 0 Å². The van der Waals surface area contributed by atoms with Crippen molar-refractivity contribution in [3.63, 3.8) is 0 Å². The van der Waals surface area contributed by atoms with Crippen LogP contribution in [-0.2, 0) is 0 Å². The van der Waals surface area contributed by atoms with Crippen LogP contribution < -0.4 is 24.2 Å². The number of fused-ring (bicyclic) bond motifs is 1. The first-order valence-corrected chi connectivity index (χ1v) is 15.7. The Hall–Kier alpha value is -3.41. The number of methoxy groups -OCH3 is 2. The van der Waals surface area contributed by atoms with Crippen molar-refractivity contribution in [2.75, 3.05) is 81.3 Å². The van der Waals surface area contributed by atoms with E-state index in [1.807, 2.05) is 41.0 Å². The van der Waals surface area contributed by atoms with Crippen molar-refractivity contribution < 1.29 is 9.47 Å². The maximum atomic E-state index is 6.42. The number of pyridine rings is 1. The molecule has 0 N–H and O–H groups in total. The third-order valence-corrected chi connectivity index (χ3v) is 9.90. The zero-order chi connectivity index (χ0) is 28.6. The Morgan fingerprint density at radius 2 is 1.48 bits per heavy atom. The fraction of sp³-hybridized carbons (Fsp3) is 0.433. The minimum atomic E-state index is 0.519. The summed E-state index contributed by atoms with van der Waals surface area (Å²) in [6, 6.07) is 7.92. The fourth-order valence-corrected chi connectivity index (χ4v) is 6.98. The molecule has 3 aromatic heterocycles. The van der Waals surface area contributed by atoms with Crippen LogP contribution in [0.15, 0.2) is 49.1 Å². The van der Waals surface area contributed by atoms with E-state index in [9.17, 15) is 0 Å². The van der Waals surface area contributed by atoms with Gasteiger partial charge < -0.3 is 28.6 Å². The minimum Gasteiger partial charge on any atom is -0.496 e. The second-order valence-electron chi connectivity index (χ2n) is 10.9. The molecule has 0 atom stereocenters. The predicted molar refractivity (Wildman–Crippen MR) is 170 cm³/mol. The first-order valence-electron chi connectivity index (χ1n) is 14.5. The summed E-state index contributed by atoms with van der Waals surface area (Å²) < 4.78 is 15.5. The highest BCUT2D eigenvalue weighted by Gasteiger charge is 2.28. The van der Waals surface area contributed by atoms with Crippen molar-refractivity contribution in [1.82, 2.24) is 23.7 Å². The Morgan fingerprint density at radius 3 is 2.14 bits per heavy atom. The maximum Gasteiger partial charge on any atom is 0.225 e. The molecule has 0 spiro atoms. The summed E-state index contributed by atoms with van der Waals surface area (Å²) in [7, 11) is 3.23. The van der Waals surface area contributed by atoms with Crippen molar-refractivity contribution in [2.45, 2.75) is 18.1 Å². The molecule has 1 aliphatic carbocycles. The number of ether oxygens (including phenoxy) is 2. The van der Waals surface area contributed by atoms with Crippen molar-refractivity contribution in [3.8, 4) is 22.8 Å². The normalized spacial score (nSPS) is 18.1. The quantitative estimate of drug-likeness (QED) is 0.263. The highest BCUT2D eigenvalue weighted by atomic mass is 35.5. The molecule has 1 saturated carbocycles. The summed E-state index contributed by atoms with van der Waals surface area (Å²) in [5, 5.41) is 1.38. The number of benzene rings is 1. The van der Waals surface area contributed by atoms with Crippen LogP contribution in [0.1, 0.15) is 12.8 Å². The molecule has 3 fully saturated rings. The number of hydrogen-bond donors (Lipinski definition) is 0. The second kappa shape index (κ2) is 11.7. The number of aromatic nitrogens is 4. The van der Waals surface area contributed by atoms with Gasteiger partial charge in [-0.2, -0.15) is 0 Å². The van der Waals surface area contributed by atoms with Crippen LogP contribution in [0.2, 0.25) is 5.02 Å². The van der Waals surface area contributed by atoms with Gasteiger partial charge in [0.15, 0.2) is 0 Å². The number of nitrogens with zero attached hydrogens (tertiary/aromatic N) is 8. The first-order chi connectivity index (χ1) is 20.6. The number of anilines is 3. The highest BCUT2D eigenvalue weighted by molar-refractivity contribution is 7.97. The van der Waals surface area contributed by atoms with E-state index in [1.165, 1.54) is 12.8 Å². The molecule has 10 nitrogen and oxygen atoms in total. The lowest BCUT2D eigenvalue weighted by atomic mass is 10.1. The first kappa shape index (κ1) is 27.4. The van der Waals surface area contributed by atoms with Gasteiger partial charge in [-0.05, 0) is 25.0 Å². The van der Waals surface area contributed by atoms with Crippen LogP contribution in [0.25, 0.3) is 16.9 Å². The summed E-state index contributed by atoms with van der Waals surface area (Å²) in [5.74, 6) is 2.08. The van der Waals surface area contributed by atoms with Gasteiger partial charge in [-0.1, -0.05) is 23.5 Å². The summed E-state index contributed by atoms with van der Waals surface area (Å²) in [6.07, 6.45) is 10.8. The number of halogens is 1. The molecule has 0 unspecified atom stereocenters. The molecule has 0 bridgehead atoms. The van der Waals surface area contributed by atoms with Gasteiger partial charge in [0.1, 0.15) is 17.1 Å². The maximum absolute atomic E-state index is 6.42. The van der Waals surface area contributed by atoms with Crippen LogP contribution >= 0.6 is 23.5 Å². The molecule has 2 saturated heterocycles. The average molecular weight is 607 g/mol. The van der Waals surface area contributed by atoms with E-state index in [0.717, 1.165) is 91.8 Å². The van der Waals surface area contributed by atoms with E-state index in [4.69, 9.17) is 36.0 Å². The molecule has 220 valence electrons. The van der Waals surface area contributed by atoms with Crippen molar-refractivity contribution in [3.05, 3.63) is 54.1 Å². The number of rotatable bonds is 8. The lowest BCUT2D eigenvalue weighted by Crippen LogP contribution is -2.47. The van der Waals surface area contributed by atoms with Gasteiger partial charge in [-0.3, -0.25) is 0 Å². The van der Waals surface area contributed by atoms with Gasteiger partial charge >= 0.3 is 0 Å². The lowest BCUT2D eigenvalue weighted by Gasteiger charge is -2.37. The molecule has 4 aromatic rings. The largest absolute Gasteiger partial charge is 0.496 e. The van der Waals surface area contributed by atoms with E-state index in [2.05, 4.69) is 37.3 Å². The van der Waals surface area contributed by atoms with E-state index in [0.29, 0.717) is 16.5 Å². The van der Waals surface area contributed by atoms with Gasteiger partial charge in [0.2, 0.25) is 5.95 Å². The van der Waals surface area contributed by atoms with E-state index in [1.54, 1.807) is 20.3 Å². The summed E-state index contributed by atoms with van der Waals surface area (Å²) in [4.78, 5) is 21.5. The van der Waals surface area contributed by atoms with Crippen molar-refractivity contribution in [1.29, 1.82) is 0 Å². The Morgan fingerprint density at radius 1 is 0.810 bits per heavy atom. The molecule has 1 aromatic carbocycles. The monoisotopic (exact) mass is 606 g/mol. The Balaban J connectivity index is 0.983. The molecule has 2 aliphatic heterocycles. The average Bonchev–Trinajstić information content (AvgIpc) is 3.75. The third-order valence-electron chi connectivity index (χ3n) is 8.17. The smallest absolute Gasteiger partial charge is 0.225 e. The van der Waals surface area contributed by atoms with Crippen molar-refractivity contribution in [2.24, 2.45) is 0 Å². The highest BCUT2D eigenvalue weighted by Crippen LogP contribution is 2.39. The molecule has 0 radical (unpaired) electrons. The molecule has 0 amide bonds. The summed E-state index contributed by atoms with van der Waals surface area (Å²) >= 11 is 8.46. The zero-order valence-electron chi connectivity index (χ0n) is 23.9. The third kappa shape index (κ3) is 5.65. The van der Waals surface area contributed by atoms with Gasteiger partial charge in [0, 0.05) is 93.4 Å². The Labute approximate surface area is 255 Å². The molecular weight excluding hydrogens is 572 g/mol. The second-order valence-corrected chi connectivity index (χ2v) is 12.7. The molecule has 5 heterocycles. The van der Waals surface area contributed by atoms with Crippen LogP contribution in [0.4, 0.5) is 17.3 Å². The summed E-state index contributed by atoms with van der Waals surface area (Å²) in [6.45, 7) is 7.76. The Kier molecular flexibility index (Phi) is 7.64. The molecule has 42 heavy (non-hydrogen) atoms. The van der Waals surface area contributed by atoms with Gasteiger partial charge in [0.25, 0.3) is 0 Å². The number of hydrogen-bond acceptors (Lipinski definition) is 10. The van der Waals surface area contributed by atoms with E-state index >= 15 is 0 Å². The van der Waals surface area contributed by atoms with Gasteiger partial charge in [-0.15, -0.1) is 0 Å². The van der Waals surface area contributed by atoms with Crippen molar-refractivity contribution >= 4 is 46.5 Å². The van der Waals surface area contributed by atoms with Crippen LogP contribution in [-0.4, -0.2) is 95.5 Å². The predicted octanol–water partition coefficient (Wildman–Crippen LogP) is 4.72. The van der Waals surface area contributed by atoms with Crippen LogP contribution in [0.3, 0.4) is 0 Å². The number of piperazine rings is 2. The lowest BCUT2D eigenvalue weighted by molar-refractivity contribution is 0.395. The van der Waals surface area contributed by atoms with Crippen LogP contribution in [0, 0.1) is 0 Å². The molecule has 7 rings (SSSR count). The molecule has 3 aliphatic rings. The topological polar surface area (TPSA) is 74.5 Å². The van der Waals surface area contributed by atoms with Gasteiger partial charge in [0.05, 0.1) is 43.0 Å².